The van der Waals surface area contributed by atoms with E-state index in [1.165, 1.54) is 19.3 Å². The molecule has 0 saturated heterocycles. The van der Waals surface area contributed by atoms with Crippen LogP contribution in [0, 0.1) is 23.2 Å². The van der Waals surface area contributed by atoms with Gasteiger partial charge in [-0.3, -0.25) is 4.79 Å². The Bertz CT molecular complexity index is 247. The molecule has 0 aromatic carbocycles. The maximum absolute atomic E-state index is 11.1. The standard InChI is InChI=1S/C11H19N3O/c1-9-3-2-4-10(9)7-13-8-11(15)14-6-5-12/h9-10,13H,2-4,6-8H2,1H3,(H,14,15). The number of hydrogen-bond acceptors (Lipinski definition) is 3. The Labute approximate surface area is 91.0 Å². The Kier molecular flexibility index (Phi) is 5.13. The molecule has 0 bridgehead atoms. The van der Waals surface area contributed by atoms with Gasteiger partial charge in [-0.2, -0.15) is 5.26 Å². The van der Waals surface area contributed by atoms with Gasteiger partial charge in [-0.25, -0.2) is 0 Å². The van der Waals surface area contributed by atoms with Crippen molar-refractivity contribution in [2.24, 2.45) is 11.8 Å². The first kappa shape index (κ1) is 12.0. The highest BCUT2D eigenvalue weighted by Gasteiger charge is 2.22. The molecule has 1 saturated carbocycles. The molecule has 4 nitrogen and oxygen atoms in total. The summed E-state index contributed by atoms with van der Waals surface area (Å²) in [6, 6.07) is 1.88. The van der Waals surface area contributed by atoms with Gasteiger partial charge < -0.3 is 10.6 Å². The zero-order valence-corrected chi connectivity index (χ0v) is 9.25. The van der Waals surface area contributed by atoms with Crippen LogP contribution in [-0.4, -0.2) is 25.5 Å². The molecule has 15 heavy (non-hydrogen) atoms. The van der Waals surface area contributed by atoms with Crippen LogP contribution in [0.5, 0.6) is 0 Å². The van der Waals surface area contributed by atoms with Crippen LogP contribution in [0.25, 0.3) is 0 Å². The summed E-state index contributed by atoms with van der Waals surface area (Å²) in [5.41, 5.74) is 0. The number of nitrogens with one attached hydrogen (secondary N) is 2. The first-order valence-electron chi connectivity index (χ1n) is 5.58. The van der Waals surface area contributed by atoms with E-state index in [1.807, 2.05) is 6.07 Å². The van der Waals surface area contributed by atoms with Gasteiger partial charge >= 0.3 is 0 Å². The van der Waals surface area contributed by atoms with Gasteiger partial charge in [-0.15, -0.1) is 0 Å². The third kappa shape index (κ3) is 4.30. The summed E-state index contributed by atoms with van der Waals surface area (Å²) in [5, 5.41) is 13.9. The lowest BCUT2D eigenvalue weighted by molar-refractivity contribution is -0.120. The van der Waals surface area contributed by atoms with Crippen LogP contribution >= 0.6 is 0 Å². The average molecular weight is 209 g/mol. The van der Waals surface area contributed by atoms with Gasteiger partial charge in [0, 0.05) is 0 Å². The molecule has 0 radical (unpaired) electrons. The van der Waals surface area contributed by atoms with Crippen molar-refractivity contribution in [2.75, 3.05) is 19.6 Å². The molecule has 4 heteroatoms. The van der Waals surface area contributed by atoms with Crippen LogP contribution in [0.4, 0.5) is 0 Å². The highest BCUT2D eigenvalue weighted by molar-refractivity contribution is 5.78. The van der Waals surface area contributed by atoms with E-state index in [0.29, 0.717) is 12.5 Å². The minimum Gasteiger partial charge on any atom is -0.342 e. The van der Waals surface area contributed by atoms with Crippen LogP contribution < -0.4 is 10.6 Å². The fourth-order valence-corrected chi connectivity index (χ4v) is 2.10. The van der Waals surface area contributed by atoms with Gasteiger partial charge in [-0.05, 0) is 24.8 Å². The summed E-state index contributed by atoms with van der Waals surface area (Å²) in [6.45, 7) is 3.61. The molecular formula is C11H19N3O. The molecule has 0 heterocycles. The molecule has 1 fully saturated rings. The molecule has 0 aliphatic heterocycles. The summed E-state index contributed by atoms with van der Waals surface area (Å²) in [4.78, 5) is 11.1. The predicted octanol–water partition coefficient (Wildman–Crippen LogP) is 0.652. The van der Waals surface area contributed by atoms with Crippen molar-refractivity contribution in [3.05, 3.63) is 0 Å². The van der Waals surface area contributed by atoms with Crippen molar-refractivity contribution >= 4 is 5.91 Å². The Morgan fingerprint density at radius 2 is 2.33 bits per heavy atom. The quantitative estimate of drug-likeness (QED) is 0.653. The number of carbonyl (C=O) groups is 1. The number of amides is 1. The van der Waals surface area contributed by atoms with Crippen molar-refractivity contribution in [1.82, 2.24) is 10.6 Å². The van der Waals surface area contributed by atoms with E-state index in [0.717, 1.165) is 12.5 Å². The molecular weight excluding hydrogens is 190 g/mol. The lowest BCUT2D eigenvalue weighted by Gasteiger charge is -2.15. The lowest BCUT2D eigenvalue weighted by Crippen LogP contribution is -2.36. The molecule has 1 amide bonds. The zero-order chi connectivity index (χ0) is 11.1. The van der Waals surface area contributed by atoms with Gasteiger partial charge in [0.05, 0.1) is 12.6 Å². The van der Waals surface area contributed by atoms with E-state index >= 15 is 0 Å². The molecule has 2 unspecified atom stereocenters. The zero-order valence-electron chi connectivity index (χ0n) is 9.25. The fraction of sp³-hybridized carbons (Fsp3) is 0.818. The molecule has 1 rings (SSSR count). The second kappa shape index (κ2) is 6.41. The van der Waals surface area contributed by atoms with Crippen LogP contribution in [0.2, 0.25) is 0 Å². The van der Waals surface area contributed by atoms with E-state index in [2.05, 4.69) is 17.6 Å². The number of carbonyl (C=O) groups excluding carboxylic acids is 1. The van der Waals surface area contributed by atoms with Gasteiger partial charge in [-0.1, -0.05) is 19.8 Å². The summed E-state index contributed by atoms with van der Waals surface area (Å²) in [7, 11) is 0. The highest BCUT2D eigenvalue weighted by Crippen LogP contribution is 2.30. The monoisotopic (exact) mass is 209 g/mol. The Morgan fingerprint density at radius 3 is 2.93 bits per heavy atom. The minimum atomic E-state index is -0.0952. The molecule has 2 atom stereocenters. The molecule has 0 aromatic heterocycles. The van der Waals surface area contributed by atoms with E-state index < -0.39 is 0 Å². The van der Waals surface area contributed by atoms with Gasteiger partial charge in [0.1, 0.15) is 6.54 Å². The van der Waals surface area contributed by atoms with Gasteiger partial charge in [0.15, 0.2) is 0 Å². The summed E-state index contributed by atoms with van der Waals surface area (Å²) >= 11 is 0. The predicted molar refractivity (Wildman–Crippen MR) is 58.0 cm³/mol. The van der Waals surface area contributed by atoms with Crippen molar-refractivity contribution in [3.63, 3.8) is 0 Å². The van der Waals surface area contributed by atoms with Crippen molar-refractivity contribution < 1.29 is 4.79 Å². The van der Waals surface area contributed by atoms with E-state index in [9.17, 15) is 4.79 Å². The first-order chi connectivity index (χ1) is 7.24. The first-order valence-corrected chi connectivity index (χ1v) is 5.58. The van der Waals surface area contributed by atoms with E-state index in [-0.39, 0.29) is 12.5 Å². The molecule has 0 spiro atoms. The fourth-order valence-electron chi connectivity index (χ4n) is 2.10. The topological polar surface area (TPSA) is 64.9 Å². The lowest BCUT2D eigenvalue weighted by atomic mass is 9.98. The van der Waals surface area contributed by atoms with E-state index in [1.54, 1.807) is 0 Å². The Morgan fingerprint density at radius 1 is 1.53 bits per heavy atom. The number of nitrogens with zero attached hydrogens (tertiary/aromatic N) is 1. The molecule has 0 aromatic rings. The Hall–Kier alpha value is -1.08. The second-order valence-electron chi connectivity index (χ2n) is 4.23. The van der Waals surface area contributed by atoms with Crippen LogP contribution in [0.15, 0.2) is 0 Å². The largest absolute Gasteiger partial charge is 0.342 e. The van der Waals surface area contributed by atoms with Crippen molar-refractivity contribution in [2.45, 2.75) is 26.2 Å². The molecule has 84 valence electrons. The molecule has 2 N–H and O–H groups in total. The van der Waals surface area contributed by atoms with Gasteiger partial charge in [0.2, 0.25) is 5.91 Å². The maximum atomic E-state index is 11.1. The van der Waals surface area contributed by atoms with Crippen molar-refractivity contribution in [3.8, 4) is 6.07 Å². The second-order valence-corrected chi connectivity index (χ2v) is 4.23. The number of nitriles is 1. The average Bonchev–Trinajstić information content (AvgIpc) is 2.61. The highest BCUT2D eigenvalue weighted by atomic mass is 16.1. The summed E-state index contributed by atoms with van der Waals surface area (Å²) < 4.78 is 0. The third-order valence-corrected chi connectivity index (χ3v) is 3.10. The van der Waals surface area contributed by atoms with Gasteiger partial charge in [0.25, 0.3) is 0 Å². The van der Waals surface area contributed by atoms with Crippen LogP contribution in [0.1, 0.15) is 26.2 Å². The van der Waals surface area contributed by atoms with Crippen molar-refractivity contribution in [1.29, 1.82) is 5.26 Å². The SMILES string of the molecule is CC1CCCC1CNCC(=O)NCC#N. The molecule has 1 aliphatic carbocycles. The Balaban J connectivity index is 2.05. The normalized spacial score (nSPS) is 24.8. The molecule has 1 aliphatic rings. The third-order valence-electron chi connectivity index (χ3n) is 3.10. The van der Waals surface area contributed by atoms with E-state index in [4.69, 9.17) is 5.26 Å². The summed E-state index contributed by atoms with van der Waals surface area (Å²) in [6.07, 6.45) is 3.90. The van der Waals surface area contributed by atoms with Crippen LogP contribution in [-0.2, 0) is 4.79 Å². The smallest absolute Gasteiger partial charge is 0.234 e. The number of rotatable bonds is 5. The van der Waals surface area contributed by atoms with Crippen LogP contribution in [0.3, 0.4) is 0 Å². The maximum Gasteiger partial charge on any atom is 0.234 e. The number of hydrogen-bond donors (Lipinski definition) is 2. The minimum absolute atomic E-state index is 0.0952. The summed E-state index contributed by atoms with van der Waals surface area (Å²) in [5.74, 6) is 1.40.